The molecule has 3 N–H and O–H groups in total. The maximum Gasteiger partial charge on any atom is 0.0568 e. The molecule has 0 amide bonds. The van der Waals surface area contributed by atoms with Gasteiger partial charge in [0, 0.05) is 22.2 Å². The van der Waals surface area contributed by atoms with Crippen molar-refractivity contribution < 1.29 is 0 Å². The number of nitrogens with two attached hydrogens (primary N) is 1. The van der Waals surface area contributed by atoms with E-state index in [1.807, 2.05) is 24.3 Å². The molecule has 2 aromatic carbocycles. The van der Waals surface area contributed by atoms with Crippen molar-refractivity contribution >= 4 is 33.2 Å². The molecule has 1 unspecified atom stereocenters. The third-order valence-electron chi connectivity index (χ3n) is 3.62. The molecule has 0 spiro atoms. The van der Waals surface area contributed by atoms with Crippen LogP contribution in [0.1, 0.15) is 18.9 Å². The van der Waals surface area contributed by atoms with Gasteiger partial charge in [-0.1, -0.05) is 41.9 Å². The Morgan fingerprint density at radius 1 is 1.19 bits per heavy atom. The van der Waals surface area contributed by atoms with Gasteiger partial charge in [-0.3, -0.25) is 0 Å². The largest absolute Gasteiger partial charge is 0.379 e. The Hall–Kier alpha value is -1.03. The van der Waals surface area contributed by atoms with E-state index in [2.05, 4.69) is 52.4 Å². The molecule has 0 saturated carbocycles. The van der Waals surface area contributed by atoms with Crippen LogP contribution in [0, 0.1) is 0 Å². The topological polar surface area (TPSA) is 38.0 Å². The summed E-state index contributed by atoms with van der Waals surface area (Å²) in [5, 5.41) is 4.21. The summed E-state index contributed by atoms with van der Waals surface area (Å²) >= 11 is 9.54. The van der Waals surface area contributed by atoms with E-state index in [9.17, 15) is 0 Å². The van der Waals surface area contributed by atoms with Crippen LogP contribution in [0.5, 0.6) is 0 Å². The summed E-state index contributed by atoms with van der Waals surface area (Å²) in [4.78, 5) is 0. The maximum absolute atomic E-state index is 6.14. The van der Waals surface area contributed by atoms with Gasteiger partial charge in [-0.25, -0.2) is 0 Å². The number of anilines is 1. The third-order valence-corrected chi connectivity index (χ3v) is 4.86. The first kappa shape index (κ1) is 16.3. The quantitative estimate of drug-likeness (QED) is 0.765. The molecule has 0 aliphatic rings. The van der Waals surface area contributed by atoms with Gasteiger partial charge in [0.1, 0.15) is 0 Å². The molecule has 21 heavy (non-hydrogen) atoms. The van der Waals surface area contributed by atoms with E-state index in [4.69, 9.17) is 17.3 Å². The lowest BCUT2D eigenvalue weighted by molar-refractivity contribution is 0.483. The molecule has 2 rings (SSSR count). The zero-order chi connectivity index (χ0) is 15.3. The standard InChI is InChI=1S/C17H20BrClN2/c1-17(12-20,10-9-13-5-3-2-4-6-13)21-14-7-8-15(18)16(19)11-14/h2-8,11,21H,9-10,12,20H2,1H3. The summed E-state index contributed by atoms with van der Waals surface area (Å²) < 4.78 is 0.897. The van der Waals surface area contributed by atoms with E-state index < -0.39 is 0 Å². The van der Waals surface area contributed by atoms with E-state index >= 15 is 0 Å². The average Bonchev–Trinajstić information content (AvgIpc) is 2.50. The number of aryl methyl sites for hydroxylation is 1. The second kappa shape index (κ2) is 7.30. The lowest BCUT2D eigenvalue weighted by Gasteiger charge is -2.31. The molecule has 112 valence electrons. The van der Waals surface area contributed by atoms with E-state index in [1.54, 1.807) is 0 Å². The molecule has 0 fully saturated rings. The predicted octanol–water partition coefficient (Wildman–Crippen LogP) is 4.86. The number of nitrogens with one attached hydrogen (secondary N) is 1. The zero-order valence-corrected chi connectivity index (χ0v) is 14.4. The lowest BCUT2D eigenvalue weighted by Crippen LogP contribution is -2.43. The van der Waals surface area contributed by atoms with Crippen LogP contribution in [0.15, 0.2) is 53.0 Å². The molecule has 4 heteroatoms. The third kappa shape index (κ3) is 4.73. The highest BCUT2D eigenvalue weighted by Crippen LogP contribution is 2.28. The number of hydrogen-bond acceptors (Lipinski definition) is 2. The second-order valence-corrected chi connectivity index (χ2v) is 6.77. The Kier molecular flexibility index (Phi) is 5.68. The molecule has 0 saturated heterocycles. The fourth-order valence-electron chi connectivity index (χ4n) is 2.20. The summed E-state index contributed by atoms with van der Waals surface area (Å²) in [6, 6.07) is 16.3. The summed E-state index contributed by atoms with van der Waals surface area (Å²) in [7, 11) is 0. The lowest BCUT2D eigenvalue weighted by atomic mass is 9.93. The van der Waals surface area contributed by atoms with Crippen LogP contribution in [0.3, 0.4) is 0 Å². The molecule has 0 aromatic heterocycles. The number of rotatable bonds is 6. The van der Waals surface area contributed by atoms with Crippen LogP contribution in [0.4, 0.5) is 5.69 Å². The van der Waals surface area contributed by atoms with Crippen molar-refractivity contribution in [1.82, 2.24) is 0 Å². The number of halogens is 2. The highest BCUT2D eigenvalue weighted by atomic mass is 79.9. The monoisotopic (exact) mass is 366 g/mol. The minimum absolute atomic E-state index is 0.160. The number of benzene rings is 2. The van der Waals surface area contributed by atoms with Crippen molar-refractivity contribution in [2.75, 3.05) is 11.9 Å². The average molecular weight is 368 g/mol. The maximum atomic E-state index is 6.14. The Bertz CT molecular complexity index is 589. The van der Waals surface area contributed by atoms with Crippen molar-refractivity contribution in [3.8, 4) is 0 Å². The zero-order valence-electron chi connectivity index (χ0n) is 12.1. The minimum Gasteiger partial charge on any atom is -0.379 e. The van der Waals surface area contributed by atoms with Gasteiger partial charge in [-0.05, 0) is 59.5 Å². The van der Waals surface area contributed by atoms with Gasteiger partial charge in [-0.15, -0.1) is 0 Å². The van der Waals surface area contributed by atoms with E-state index in [-0.39, 0.29) is 5.54 Å². The Morgan fingerprint density at radius 3 is 2.52 bits per heavy atom. The van der Waals surface area contributed by atoms with Crippen LogP contribution in [0.25, 0.3) is 0 Å². The fourth-order valence-corrected chi connectivity index (χ4v) is 2.63. The van der Waals surface area contributed by atoms with Gasteiger partial charge in [0.2, 0.25) is 0 Å². The molecule has 2 aromatic rings. The second-order valence-electron chi connectivity index (χ2n) is 5.50. The first-order valence-corrected chi connectivity index (χ1v) is 8.17. The van der Waals surface area contributed by atoms with Gasteiger partial charge in [-0.2, -0.15) is 0 Å². The summed E-state index contributed by atoms with van der Waals surface area (Å²) in [6.45, 7) is 2.71. The van der Waals surface area contributed by atoms with E-state index in [0.717, 1.165) is 23.0 Å². The molecule has 0 aliphatic heterocycles. The molecule has 0 aliphatic carbocycles. The highest BCUT2D eigenvalue weighted by molar-refractivity contribution is 9.10. The van der Waals surface area contributed by atoms with Crippen LogP contribution >= 0.6 is 27.5 Å². The van der Waals surface area contributed by atoms with Crippen LogP contribution in [-0.4, -0.2) is 12.1 Å². The smallest absolute Gasteiger partial charge is 0.0568 e. The Labute approximate surface area is 139 Å². The SMILES string of the molecule is CC(CN)(CCc1ccccc1)Nc1ccc(Br)c(Cl)c1. The predicted molar refractivity (Wildman–Crippen MR) is 95.0 cm³/mol. The molecule has 0 bridgehead atoms. The van der Waals surface area contributed by atoms with Crippen LogP contribution < -0.4 is 11.1 Å². The van der Waals surface area contributed by atoms with Gasteiger partial charge < -0.3 is 11.1 Å². The van der Waals surface area contributed by atoms with Crippen molar-refractivity contribution in [2.24, 2.45) is 5.73 Å². The first-order chi connectivity index (χ1) is 10.0. The molecule has 1 atom stereocenters. The van der Waals surface area contributed by atoms with Gasteiger partial charge in [0.25, 0.3) is 0 Å². The molecule has 0 radical (unpaired) electrons. The normalized spacial score (nSPS) is 13.7. The molecule has 2 nitrogen and oxygen atoms in total. The first-order valence-electron chi connectivity index (χ1n) is 7.00. The van der Waals surface area contributed by atoms with Crippen molar-refractivity contribution in [1.29, 1.82) is 0 Å². The minimum atomic E-state index is -0.160. The van der Waals surface area contributed by atoms with E-state index in [1.165, 1.54) is 5.56 Å². The summed E-state index contributed by atoms with van der Waals surface area (Å²) in [5.74, 6) is 0. The fraction of sp³-hybridized carbons (Fsp3) is 0.294. The van der Waals surface area contributed by atoms with Crippen LogP contribution in [0.2, 0.25) is 5.02 Å². The molecule has 0 heterocycles. The van der Waals surface area contributed by atoms with Crippen LogP contribution in [-0.2, 0) is 6.42 Å². The number of hydrogen-bond donors (Lipinski definition) is 2. The molecular formula is C17H20BrClN2. The van der Waals surface area contributed by atoms with Gasteiger partial charge >= 0.3 is 0 Å². The summed E-state index contributed by atoms with van der Waals surface area (Å²) in [5.41, 5.74) is 8.14. The Morgan fingerprint density at radius 2 is 1.90 bits per heavy atom. The van der Waals surface area contributed by atoms with Crippen molar-refractivity contribution in [3.05, 3.63) is 63.6 Å². The highest BCUT2D eigenvalue weighted by Gasteiger charge is 2.22. The van der Waals surface area contributed by atoms with Gasteiger partial charge in [0.05, 0.1) is 5.02 Å². The van der Waals surface area contributed by atoms with E-state index in [0.29, 0.717) is 11.6 Å². The summed E-state index contributed by atoms with van der Waals surface area (Å²) in [6.07, 6.45) is 1.95. The van der Waals surface area contributed by atoms with Gasteiger partial charge in [0.15, 0.2) is 0 Å². The van der Waals surface area contributed by atoms with Crippen molar-refractivity contribution in [3.63, 3.8) is 0 Å². The Balaban J connectivity index is 2.04. The van der Waals surface area contributed by atoms with Crippen molar-refractivity contribution in [2.45, 2.75) is 25.3 Å². The molecular weight excluding hydrogens is 348 g/mol.